The van der Waals surface area contributed by atoms with E-state index in [0.29, 0.717) is 11.9 Å². The molecule has 21 heavy (non-hydrogen) atoms. The standard InChI is InChI=1S/C13H16N6O2/c14-6-10-5-11(19(20)21)7-16-13(10)18-8-12(9-18)17-3-1-15-2-4-17/h5,7,12,15H,1-4,8-9H2. The van der Waals surface area contributed by atoms with Gasteiger partial charge in [-0.1, -0.05) is 0 Å². The van der Waals surface area contributed by atoms with Gasteiger partial charge in [0.25, 0.3) is 5.69 Å². The average molecular weight is 288 g/mol. The van der Waals surface area contributed by atoms with Gasteiger partial charge in [-0.25, -0.2) is 4.98 Å². The lowest BCUT2D eigenvalue weighted by Gasteiger charge is -2.47. The molecule has 2 saturated heterocycles. The third-order valence-electron chi connectivity index (χ3n) is 4.01. The van der Waals surface area contributed by atoms with Gasteiger partial charge in [-0.2, -0.15) is 5.26 Å². The molecule has 2 fully saturated rings. The number of hydrogen-bond donors (Lipinski definition) is 1. The van der Waals surface area contributed by atoms with Gasteiger partial charge in [0.15, 0.2) is 0 Å². The fourth-order valence-electron chi connectivity index (χ4n) is 2.79. The maximum atomic E-state index is 10.7. The van der Waals surface area contributed by atoms with Crippen molar-refractivity contribution in [1.82, 2.24) is 15.2 Å². The lowest BCUT2D eigenvalue weighted by atomic mass is 10.1. The second-order valence-corrected chi connectivity index (χ2v) is 5.28. The topological polar surface area (TPSA) is 98.3 Å². The van der Waals surface area contributed by atoms with Gasteiger partial charge in [0.2, 0.25) is 0 Å². The molecule has 3 heterocycles. The number of nitro groups is 1. The van der Waals surface area contributed by atoms with Crippen LogP contribution in [0.4, 0.5) is 11.5 Å². The molecule has 0 saturated carbocycles. The number of aromatic nitrogens is 1. The van der Waals surface area contributed by atoms with Crippen LogP contribution in [0.1, 0.15) is 5.56 Å². The first kappa shape index (κ1) is 13.7. The number of nitrogens with zero attached hydrogens (tertiary/aromatic N) is 5. The van der Waals surface area contributed by atoms with E-state index in [1.54, 1.807) is 0 Å². The van der Waals surface area contributed by atoms with Gasteiger partial charge in [-0.3, -0.25) is 15.0 Å². The van der Waals surface area contributed by atoms with Crippen molar-refractivity contribution >= 4 is 11.5 Å². The van der Waals surface area contributed by atoms with Crippen molar-refractivity contribution in [2.45, 2.75) is 6.04 Å². The summed E-state index contributed by atoms with van der Waals surface area (Å²) in [5, 5.41) is 23.2. The lowest BCUT2D eigenvalue weighted by molar-refractivity contribution is -0.385. The van der Waals surface area contributed by atoms with E-state index >= 15 is 0 Å². The third-order valence-corrected chi connectivity index (χ3v) is 4.01. The summed E-state index contributed by atoms with van der Waals surface area (Å²) in [6.07, 6.45) is 1.22. The highest BCUT2D eigenvalue weighted by molar-refractivity contribution is 5.58. The predicted molar refractivity (Wildman–Crippen MR) is 76.1 cm³/mol. The molecule has 0 aromatic carbocycles. The molecule has 8 heteroatoms. The van der Waals surface area contributed by atoms with Crippen molar-refractivity contribution in [3.05, 3.63) is 27.9 Å². The molecule has 1 aromatic heterocycles. The molecule has 2 aliphatic heterocycles. The summed E-state index contributed by atoms with van der Waals surface area (Å²) >= 11 is 0. The summed E-state index contributed by atoms with van der Waals surface area (Å²) < 4.78 is 0. The number of nitrogens with one attached hydrogen (secondary N) is 1. The summed E-state index contributed by atoms with van der Waals surface area (Å²) in [5.74, 6) is 0.550. The molecule has 0 unspecified atom stereocenters. The molecular formula is C13H16N6O2. The Labute approximate surface area is 122 Å². The van der Waals surface area contributed by atoms with E-state index in [2.05, 4.69) is 15.2 Å². The van der Waals surface area contributed by atoms with E-state index in [0.717, 1.165) is 39.3 Å². The van der Waals surface area contributed by atoms with Gasteiger partial charge in [0.05, 0.1) is 4.92 Å². The summed E-state index contributed by atoms with van der Waals surface area (Å²) in [6, 6.07) is 3.78. The van der Waals surface area contributed by atoms with Crippen LogP contribution in [-0.2, 0) is 0 Å². The molecule has 3 rings (SSSR count). The monoisotopic (exact) mass is 288 g/mol. The first-order chi connectivity index (χ1) is 10.2. The van der Waals surface area contributed by atoms with Crippen LogP contribution in [0.15, 0.2) is 12.3 Å². The largest absolute Gasteiger partial charge is 0.352 e. The lowest BCUT2D eigenvalue weighted by Crippen LogP contribution is -2.63. The van der Waals surface area contributed by atoms with Crippen LogP contribution in [0.3, 0.4) is 0 Å². The number of anilines is 1. The van der Waals surface area contributed by atoms with Crippen molar-refractivity contribution in [2.75, 3.05) is 44.2 Å². The average Bonchev–Trinajstić information content (AvgIpc) is 2.47. The van der Waals surface area contributed by atoms with Crippen LogP contribution in [0.2, 0.25) is 0 Å². The van der Waals surface area contributed by atoms with Crippen LogP contribution in [0.25, 0.3) is 0 Å². The molecule has 0 spiro atoms. The first-order valence-electron chi connectivity index (χ1n) is 6.93. The highest BCUT2D eigenvalue weighted by Gasteiger charge is 2.34. The Hall–Kier alpha value is -2.24. The van der Waals surface area contributed by atoms with Crippen LogP contribution in [0.5, 0.6) is 0 Å². The molecule has 2 aliphatic rings. The molecule has 1 aromatic rings. The highest BCUT2D eigenvalue weighted by atomic mass is 16.6. The van der Waals surface area contributed by atoms with Crippen molar-refractivity contribution in [3.8, 4) is 6.07 Å². The second-order valence-electron chi connectivity index (χ2n) is 5.28. The number of piperazine rings is 1. The molecule has 8 nitrogen and oxygen atoms in total. The SMILES string of the molecule is N#Cc1cc([N+](=O)[O-])cnc1N1CC(N2CCNCC2)C1. The molecular weight excluding hydrogens is 272 g/mol. The van der Waals surface area contributed by atoms with E-state index < -0.39 is 4.92 Å². The van der Waals surface area contributed by atoms with E-state index in [-0.39, 0.29) is 11.3 Å². The minimum atomic E-state index is -0.530. The summed E-state index contributed by atoms with van der Waals surface area (Å²) in [6.45, 7) is 5.74. The normalized spacial score (nSPS) is 19.9. The van der Waals surface area contributed by atoms with Gasteiger partial charge in [0, 0.05) is 51.4 Å². The zero-order valence-electron chi connectivity index (χ0n) is 11.5. The van der Waals surface area contributed by atoms with Crippen molar-refractivity contribution in [2.24, 2.45) is 0 Å². The van der Waals surface area contributed by atoms with Crippen molar-refractivity contribution in [1.29, 1.82) is 5.26 Å². The van der Waals surface area contributed by atoms with Crippen LogP contribution >= 0.6 is 0 Å². The van der Waals surface area contributed by atoms with Gasteiger partial charge in [0.1, 0.15) is 23.6 Å². The maximum absolute atomic E-state index is 10.7. The quantitative estimate of drug-likeness (QED) is 0.615. The first-order valence-corrected chi connectivity index (χ1v) is 6.93. The smallest absolute Gasteiger partial charge is 0.289 e. The van der Waals surface area contributed by atoms with E-state index in [1.165, 1.54) is 12.3 Å². The Morgan fingerprint density at radius 1 is 1.43 bits per heavy atom. The zero-order chi connectivity index (χ0) is 14.8. The van der Waals surface area contributed by atoms with Crippen LogP contribution < -0.4 is 10.2 Å². The third kappa shape index (κ3) is 2.66. The minimum Gasteiger partial charge on any atom is -0.352 e. The van der Waals surface area contributed by atoms with Crippen LogP contribution in [0, 0.1) is 21.4 Å². The zero-order valence-corrected chi connectivity index (χ0v) is 11.5. The van der Waals surface area contributed by atoms with E-state index in [9.17, 15) is 10.1 Å². The van der Waals surface area contributed by atoms with Gasteiger partial charge >= 0.3 is 0 Å². The molecule has 0 amide bonds. The fourth-order valence-corrected chi connectivity index (χ4v) is 2.79. The van der Waals surface area contributed by atoms with Crippen molar-refractivity contribution in [3.63, 3.8) is 0 Å². The molecule has 0 radical (unpaired) electrons. The molecule has 0 atom stereocenters. The van der Waals surface area contributed by atoms with Gasteiger partial charge in [-0.15, -0.1) is 0 Å². The number of hydrogen-bond acceptors (Lipinski definition) is 7. The van der Waals surface area contributed by atoms with Crippen molar-refractivity contribution < 1.29 is 4.92 Å². The number of rotatable bonds is 3. The summed E-state index contributed by atoms with van der Waals surface area (Å²) in [5.41, 5.74) is 0.123. The van der Waals surface area contributed by atoms with Gasteiger partial charge < -0.3 is 10.2 Å². The minimum absolute atomic E-state index is 0.144. The Morgan fingerprint density at radius 2 is 2.14 bits per heavy atom. The Balaban J connectivity index is 1.69. The summed E-state index contributed by atoms with van der Waals surface area (Å²) in [4.78, 5) is 18.7. The molecule has 110 valence electrons. The van der Waals surface area contributed by atoms with Gasteiger partial charge in [-0.05, 0) is 0 Å². The predicted octanol–water partition coefficient (Wildman–Crippen LogP) is -0.0447. The highest BCUT2D eigenvalue weighted by Crippen LogP contribution is 2.27. The van der Waals surface area contributed by atoms with E-state index in [1.807, 2.05) is 11.0 Å². The van der Waals surface area contributed by atoms with Crippen LogP contribution in [-0.4, -0.2) is 60.1 Å². The Morgan fingerprint density at radius 3 is 2.76 bits per heavy atom. The molecule has 0 aliphatic carbocycles. The summed E-state index contributed by atoms with van der Waals surface area (Å²) in [7, 11) is 0. The maximum Gasteiger partial charge on any atom is 0.289 e. The Bertz CT molecular complexity index is 587. The molecule has 1 N–H and O–H groups in total. The Kier molecular flexibility index (Phi) is 3.68. The second kappa shape index (κ2) is 5.63. The number of pyridine rings is 1. The van der Waals surface area contributed by atoms with E-state index in [4.69, 9.17) is 5.26 Å². The number of nitriles is 1. The molecule has 0 bridgehead atoms. The fraction of sp³-hybridized carbons (Fsp3) is 0.538.